The van der Waals surface area contributed by atoms with Crippen LogP contribution in [0.5, 0.6) is 5.75 Å². The number of likely N-dealkylation sites (N-methyl/N-ethyl adjacent to an activating group) is 1. The zero-order valence-electron chi connectivity index (χ0n) is 12.2. The molecular weight excluding hydrogens is 242 g/mol. The summed E-state index contributed by atoms with van der Waals surface area (Å²) in [7, 11) is 5.12. The highest BCUT2D eigenvalue weighted by Gasteiger charge is 2.13. The molecular formula is C15H23NO3. The van der Waals surface area contributed by atoms with Crippen LogP contribution in [0.15, 0.2) is 24.3 Å². The molecule has 0 N–H and O–H groups in total. The zero-order valence-corrected chi connectivity index (χ0v) is 12.2. The van der Waals surface area contributed by atoms with E-state index in [1.807, 2.05) is 25.2 Å². The van der Waals surface area contributed by atoms with Crippen LogP contribution in [0.25, 0.3) is 0 Å². The topological polar surface area (TPSA) is 38.8 Å². The Morgan fingerprint density at radius 2 is 2.00 bits per heavy atom. The average molecular weight is 265 g/mol. The quantitative estimate of drug-likeness (QED) is 0.708. The summed E-state index contributed by atoms with van der Waals surface area (Å²) in [6.45, 7) is 2.84. The number of hydrogen-bond acceptors (Lipinski definition) is 4. The van der Waals surface area contributed by atoms with Gasteiger partial charge in [-0.15, -0.1) is 0 Å². The van der Waals surface area contributed by atoms with Crippen LogP contribution in [0.1, 0.15) is 18.9 Å². The number of carbonyl (C=O) groups excluding carboxylic acids is 1. The van der Waals surface area contributed by atoms with Gasteiger partial charge in [0.1, 0.15) is 5.75 Å². The fourth-order valence-electron chi connectivity index (χ4n) is 1.94. The van der Waals surface area contributed by atoms with Crippen molar-refractivity contribution in [2.75, 3.05) is 27.8 Å². The molecule has 1 atom stereocenters. The third-order valence-electron chi connectivity index (χ3n) is 3.36. The summed E-state index contributed by atoms with van der Waals surface area (Å²) in [6.07, 6.45) is 1.31. The number of nitrogens with zero attached hydrogens (tertiary/aromatic N) is 1. The van der Waals surface area contributed by atoms with Gasteiger partial charge in [0.05, 0.1) is 20.6 Å². The molecule has 0 heterocycles. The molecule has 0 saturated carbocycles. The number of methoxy groups -OCH3 is 2. The second-order valence-electron chi connectivity index (χ2n) is 4.67. The van der Waals surface area contributed by atoms with Crippen LogP contribution in [-0.2, 0) is 16.0 Å². The third-order valence-corrected chi connectivity index (χ3v) is 3.36. The maximum absolute atomic E-state index is 11.1. The fraction of sp³-hybridized carbons (Fsp3) is 0.533. The number of hydrogen-bond donors (Lipinski definition) is 0. The molecule has 0 bridgehead atoms. The minimum Gasteiger partial charge on any atom is -0.496 e. The smallest absolute Gasteiger partial charge is 0.306 e. The van der Waals surface area contributed by atoms with Gasteiger partial charge in [-0.1, -0.05) is 18.2 Å². The molecule has 4 heteroatoms. The predicted octanol–water partition coefficient (Wildman–Crippen LogP) is 2.12. The van der Waals surface area contributed by atoms with Crippen molar-refractivity contribution in [2.45, 2.75) is 25.8 Å². The highest BCUT2D eigenvalue weighted by Crippen LogP contribution is 2.20. The first kappa shape index (κ1) is 15.5. The van der Waals surface area contributed by atoms with E-state index in [-0.39, 0.29) is 5.97 Å². The van der Waals surface area contributed by atoms with E-state index in [9.17, 15) is 4.79 Å². The standard InChI is InChI=1S/C15H23NO3/c1-12(16(2)10-9-15(17)19-4)11-13-7-5-6-8-14(13)18-3/h5-8,12H,9-11H2,1-4H3. The molecule has 0 amide bonds. The van der Waals surface area contributed by atoms with Crippen molar-refractivity contribution in [3.05, 3.63) is 29.8 Å². The second-order valence-corrected chi connectivity index (χ2v) is 4.67. The molecule has 1 unspecified atom stereocenters. The minimum absolute atomic E-state index is 0.170. The first-order valence-corrected chi connectivity index (χ1v) is 6.47. The van der Waals surface area contributed by atoms with Crippen molar-refractivity contribution in [1.82, 2.24) is 4.90 Å². The van der Waals surface area contributed by atoms with E-state index in [4.69, 9.17) is 4.74 Å². The minimum atomic E-state index is -0.170. The Kier molecular flexibility index (Phi) is 6.36. The van der Waals surface area contributed by atoms with Crippen molar-refractivity contribution in [3.63, 3.8) is 0 Å². The molecule has 0 aromatic heterocycles. The lowest BCUT2D eigenvalue weighted by molar-refractivity contribution is -0.141. The highest BCUT2D eigenvalue weighted by molar-refractivity contribution is 5.69. The van der Waals surface area contributed by atoms with E-state index in [1.165, 1.54) is 12.7 Å². The Labute approximate surface area is 115 Å². The number of rotatable bonds is 7. The second kappa shape index (κ2) is 7.79. The molecule has 1 rings (SSSR count). The molecule has 1 aromatic rings. The van der Waals surface area contributed by atoms with Crippen molar-refractivity contribution in [1.29, 1.82) is 0 Å². The monoisotopic (exact) mass is 265 g/mol. The summed E-state index contributed by atoms with van der Waals surface area (Å²) in [5, 5.41) is 0. The van der Waals surface area contributed by atoms with Crippen LogP contribution >= 0.6 is 0 Å². The van der Waals surface area contributed by atoms with Crippen molar-refractivity contribution in [3.8, 4) is 5.75 Å². The van der Waals surface area contributed by atoms with Crippen LogP contribution in [0.4, 0.5) is 0 Å². The molecule has 19 heavy (non-hydrogen) atoms. The highest BCUT2D eigenvalue weighted by atomic mass is 16.5. The first-order chi connectivity index (χ1) is 9.08. The van der Waals surface area contributed by atoms with Crippen LogP contribution < -0.4 is 4.74 Å². The van der Waals surface area contributed by atoms with Crippen LogP contribution in [0, 0.1) is 0 Å². The molecule has 0 saturated heterocycles. The lowest BCUT2D eigenvalue weighted by Crippen LogP contribution is -2.33. The third kappa shape index (κ3) is 4.91. The molecule has 4 nitrogen and oxygen atoms in total. The summed E-state index contributed by atoms with van der Waals surface area (Å²) in [4.78, 5) is 13.3. The zero-order chi connectivity index (χ0) is 14.3. The molecule has 0 spiro atoms. The van der Waals surface area contributed by atoms with Crippen molar-refractivity contribution in [2.24, 2.45) is 0 Å². The lowest BCUT2D eigenvalue weighted by atomic mass is 10.1. The van der Waals surface area contributed by atoms with Crippen LogP contribution in [0.3, 0.4) is 0 Å². The van der Waals surface area contributed by atoms with Crippen LogP contribution in [0.2, 0.25) is 0 Å². The summed E-state index contributed by atoms with van der Waals surface area (Å²) >= 11 is 0. The van der Waals surface area contributed by atoms with E-state index < -0.39 is 0 Å². The number of esters is 1. The molecule has 0 radical (unpaired) electrons. The van der Waals surface area contributed by atoms with Gasteiger partial charge < -0.3 is 14.4 Å². The number of para-hydroxylation sites is 1. The van der Waals surface area contributed by atoms with E-state index in [0.717, 1.165) is 12.2 Å². The van der Waals surface area contributed by atoms with Crippen LogP contribution in [-0.4, -0.2) is 44.7 Å². The normalized spacial score (nSPS) is 12.3. The van der Waals surface area contributed by atoms with Crippen molar-refractivity contribution < 1.29 is 14.3 Å². The molecule has 0 fully saturated rings. The molecule has 0 aliphatic carbocycles. The van der Waals surface area contributed by atoms with Gasteiger partial charge in [0.25, 0.3) is 0 Å². The summed E-state index contributed by atoms with van der Waals surface area (Å²) in [6, 6.07) is 8.36. The average Bonchev–Trinajstić information content (AvgIpc) is 2.44. The summed E-state index contributed by atoms with van der Waals surface area (Å²) in [5.74, 6) is 0.743. The van der Waals surface area contributed by atoms with Gasteiger partial charge in [-0.3, -0.25) is 4.79 Å². The summed E-state index contributed by atoms with van der Waals surface area (Å²) < 4.78 is 10.00. The van der Waals surface area contributed by atoms with E-state index in [0.29, 0.717) is 19.0 Å². The molecule has 0 aliphatic heterocycles. The Hall–Kier alpha value is -1.55. The van der Waals surface area contributed by atoms with E-state index in [1.54, 1.807) is 7.11 Å². The SMILES string of the molecule is COC(=O)CCN(C)C(C)Cc1ccccc1OC. The number of ether oxygens (including phenoxy) is 2. The number of carbonyl (C=O) groups is 1. The van der Waals surface area contributed by atoms with Gasteiger partial charge in [0.2, 0.25) is 0 Å². The van der Waals surface area contributed by atoms with Gasteiger partial charge in [-0.2, -0.15) is 0 Å². The number of benzene rings is 1. The fourth-order valence-corrected chi connectivity index (χ4v) is 1.94. The van der Waals surface area contributed by atoms with Gasteiger partial charge in [-0.05, 0) is 32.0 Å². The predicted molar refractivity (Wildman–Crippen MR) is 75.4 cm³/mol. The maximum Gasteiger partial charge on any atom is 0.306 e. The molecule has 0 aliphatic rings. The Morgan fingerprint density at radius 1 is 1.32 bits per heavy atom. The summed E-state index contributed by atoms with van der Waals surface area (Å²) in [5.41, 5.74) is 1.18. The van der Waals surface area contributed by atoms with Gasteiger partial charge >= 0.3 is 5.97 Å². The van der Waals surface area contributed by atoms with E-state index in [2.05, 4.69) is 22.6 Å². The largest absolute Gasteiger partial charge is 0.496 e. The molecule has 1 aromatic carbocycles. The lowest BCUT2D eigenvalue weighted by Gasteiger charge is -2.24. The van der Waals surface area contributed by atoms with Gasteiger partial charge in [-0.25, -0.2) is 0 Å². The van der Waals surface area contributed by atoms with Gasteiger partial charge in [0.15, 0.2) is 0 Å². The van der Waals surface area contributed by atoms with Crippen molar-refractivity contribution >= 4 is 5.97 Å². The Balaban J connectivity index is 2.53. The first-order valence-electron chi connectivity index (χ1n) is 6.47. The van der Waals surface area contributed by atoms with Gasteiger partial charge in [0, 0.05) is 12.6 Å². The molecule has 106 valence electrons. The Bertz CT molecular complexity index is 406. The Morgan fingerprint density at radius 3 is 2.63 bits per heavy atom. The van der Waals surface area contributed by atoms with E-state index >= 15 is 0 Å². The maximum atomic E-state index is 11.1.